The predicted molar refractivity (Wildman–Crippen MR) is 97.4 cm³/mol. The van der Waals surface area contributed by atoms with Crippen LogP contribution in [0.2, 0.25) is 0 Å². The van der Waals surface area contributed by atoms with Crippen LogP contribution in [0.15, 0.2) is 16.6 Å². The number of rotatable bonds is 2. The van der Waals surface area contributed by atoms with Crippen LogP contribution in [-0.4, -0.2) is 41.6 Å². The molecule has 0 unspecified atom stereocenters. The highest BCUT2D eigenvalue weighted by Gasteiger charge is 2.37. The molecule has 1 fully saturated rings. The van der Waals surface area contributed by atoms with Crippen LogP contribution < -0.4 is 5.32 Å². The minimum absolute atomic E-state index is 0.0877. The van der Waals surface area contributed by atoms with Crippen molar-refractivity contribution in [3.05, 3.63) is 33.5 Å². The van der Waals surface area contributed by atoms with Gasteiger partial charge < -0.3 is 15.0 Å². The van der Waals surface area contributed by atoms with E-state index in [1.54, 1.807) is 20.8 Å². The van der Waals surface area contributed by atoms with Gasteiger partial charge in [-0.05, 0) is 61.7 Å². The summed E-state index contributed by atoms with van der Waals surface area (Å²) >= 11 is 2.93. The van der Waals surface area contributed by atoms with Gasteiger partial charge in [0.1, 0.15) is 11.4 Å². The summed E-state index contributed by atoms with van der Waals surface area (Å²) in [6.45, 7) is 5.73. The molecule has 28 heavy (non-hydrogen) atoms. The topological polar surface area (TPSA) is 58.6 Å². The normalized spacial score (nSPS) is 18.0. The number of carbonyl (C=O) groups excluding carboxylic acids is 2. The van der Waals surface area contributed by atoms with Crippen molar-refractivity contribution in [2.45, 2.75) is 51.4 Å². The molecule has 0 spiro atoms. The monoisotopic (exact) mass is 468 g/mol. The molecule has 0 radical (unpaired) electrons. The van der Waals surface area contributed by atoms with Crippen LogP contribution in [0.3, 0.4) is 0 Å². The van der Waals surface area contributed by atoms with Crippen molar-refractivity contribution in [2.24, 2.45) is 0 Å². The molecule has 2 amide bonds. The van der Waals surface area contributed by atoms with Gasteiger partial charge in [0.25, 0.3) is 5.91 Å². The predicted octanol–water partition coefficient (Wildman–Crippen LogP) is 4.74. The number of benzene rings is 1. The standard InChI is InChI=1S/C18H21BrF4N2O3/c1-17(2,3)28-16(27)25-8-4-5-10(9-25)24-15(26)13-12(19)7-6-11(14(13)20)18(21,22)23/h6-7,10H,4-5,8-9H2,1-3H3,(H,24,26)/t10-/m1/s1. The minimum atomic E-state index is -4.92. The summed E-state index contributed by atoms with van der Waals surface area (Å²) in [4.78, 5) is 26.0. The molecular weight excluding hydrogens is 448 g/mol. The van der Waals surface area contributed by atoms with Gasteiger partial charge in [-0.15, -0.1) is 0 Å². The first kappa shape index (κ1) is 22.4. The number of ether oxygens (including phenoxy) is 1. The highest BCUT2D eigenvalue weighted by molar-refractivity contribution is 9.10. The second-order valence-corrected chi connectivity index (χ2v) is 8.37. The van der Waals surface area contributed by atoms with Crippen molar-refractivity contribution in [1.29, 1.82) is 0 Å². The first-order chi connectivity index (χ1) is 12.8. The average Bonchev–Trinajstić information content (AvgIpc) is 2.52. The van der Waals surface area contributed by atoms with E-state index in [-0.39, 0.29) is 11.0 Å². The Morgan fingerprint density at radius 3 is 2.46 bits per heavy atom. The van der Waals surface area contributed by atoms with E-state index >= 15 is 0 Å². The summed E-state index contributed by atoms with van der Waals surface area (Å²) in [7, 11) is 0. The van der Waals surface area contributed by atoms with Gasteiger partial charge in [0.2, 0.25) is 0 Å². The lowest BCUT2D eigenvalue weighted by atomic mass is 10.0. The van der Waals surface area contributed by atoms with Crippen LogP contribution in [-0.2, 0) is 10.9 Å². The highest BCUT2D eigenvalue weighted by Crippen LogP contribution is 2.35. The fraction of sp³-hybridized carbons (Fsp3) is 0.556. The molecule has 2 rings (SSSR count). The van der Waals surface area contributed by atoms with Crippen LogP contribution >= 0.6 is 15.9 Å². The molecule has 10 heteroatoms. The fourth-order valence-electron chi connectivity index (χ4n) is 2.82. The van der Waals surface area contributed by atoms with Crippen molar-refractivity contribution in [3.8, 4) is 0 Å². The molecule has 1 heterocycles. The number of hydrogen-bond acceptors (Lipinski definition) is 3. The van der Waals surface area contributed by atoms with Gasteiger partial charge in [0.15, 0.2) is 0 Å². The molecule has 1 aliphatic rings. The van der Waals surface area contributed by atoms with Crippen molar-refractivity contribution in [1.82, 2.24) is 10.2 Å². The summed E-state index contributed by atoms with van der Waals surface area (Å²) in [5.41, 5.74) is -2.91. The maximum Gasteiger partial charge on any atom is 0.419 e. The number of nitrogens with one attached hydrogen (secondary N) is 1. The molecule has 156 valence electrons. The minimum Gasteiger partial charge on any atom is -0.444 e. The van der Waals surface area contributed by atoms with E-state index < -0.39 is 46.8 Å². The van der Waals surface area contributed by atoms with Crippen LogP contribution in [0.25, 0.3) is 0 Å². The molecule has 0 bridgehead atoms. The van der Waals surface area contributed by atoms with Gasteiger partial charge in [-0.1, -0.05) is 0 Å². The SMILES string of the molecule is CC(C)(C)OC(=O)N1CCC[C@@H](NC(=O)c2c(Br)ccc(C(F)(F)F)c2F)C1. The van der Waals surface area contributed by atoms with E-state index in [9.17, 15) is 27.2 Å². The quantitative estimate of drug-likeness (QED) is 0.637. The third kappa shape index (κ3) is 5.59. The Morgan fingerprint density at radius 2 is 1.89 bits per heavy atom. The maximum atomic E-state index is 14.3. The first-order valence-corrected chi connectivity index (χ1v) is 9.43. The zero-order chi connectivity index (χ0) is 21.3. The zero-order valence-electron chi connectivity index (χ0n) is 15.6. The van der Waals surface area contributed by atoms with E-state index in [2.05, 4.69) is 21.2 Å². The number of alkyl halides is 3. The lowest BCUT2D eigenvalue weighted by Crippen LogP contribution is -2.50. The van der Waals surface area contributed by atoms with Crippen molar-refractivity contribution >= 4 is 27.9 Å². The molecule has 0 saturated carbocycles. The number of likely N-dealkylation sites (tertiary alicyclic amines) is 1. The van der Waals surface area contributed by atoms with Crippen LogP contribution in [0.5, 0.6) is 0 Å². The van der Waals surface area contributed by atoms with E-state index in [0.717, 1.165) is 6.07 Å². The third-order valence-corrected chi connectivity index (χ3v) is 4.69. The molecule has 1 aromatic carbocycles. The summed E-state index contributed by atoms with van der Waals surface area (Å²) in [5.74, 6) is -2.62. The van der Waals surface area contributed by atoms with E-state index in [1.165, 1.54) is 4.90 Å². The molecular formula is C18H21BrF4N2O3. The average molecular weight is 469 g/mol. The number of piperidine rings is 1. The van der Waals surface area contributed by atoms with E-state index in [4.69, 9.17) is 4.74 Å². The Bertz CT molecular complexity index is 762. The molecule has 1 atom stereocenters. The highest BCUT2D eigenvalue weighted by atomic mass is 79.9. The Kier molecular flexibility index (Phi) is 6.62. The summed E-state index contributed by atoms with van der Waals surface area (Å²) in [6, 6.07) is 1.02. The van der Waals surface area contributed by atoms with Crippen molar-refractivity contribution < 1.29 is 31.9 Å². The second kappa shape index (κ2) is 8.26. The van der Waals surface area contributed by atoms with Gasteiger partial charge in [0.05, 0.1) is 11.1 Å². The lowest BCUT2D eigenvalue weighted by molar-refractivity contribution is -0.140. The summed E-state index contributed by atoms with van der Waals surface area (Å²) in [6.07, 6.45) is -4.39. The van der Waals surface area contributed by atoms with Crippen LogP contribution in [0, 0.1) is 5.82 Å². The van der Waals surface area contributed by atoms with Crippen LogP contribution in [0.4, 0.5) is 22.4 Å². The zero-order valence-corrected chi connectivity index (χ0v) is 17.2. The molecule has 0 aliphatic carbocycles. The Morgan fingerprint density at radius 1 is 1.25 bits per heavy atom. The van der Waals surface area contributed by atoms with Gasteiger partial charge in [-0.3, -0.25) is 4.79 Å². The van der Waals surface area contributed by atoms with Gasteiger partial charge >= 0.3 is 12.3 Å². The molecule has 0 aromatic heterocycles. The molecule has 1 aliphatic heterocycles. The Labute approximate surface area is 168 Å². The van der Waals surface area contributed by atoms with Gasteiger partial charge in [0, 0.05) is 23.6 Å². The molecule has 5 nitrogen and oxygen atoms in total. The number of nitrogens with zero attached hydrogens (tertiary/aromatic N) is 1. The number of halogens is 5. The smallest absolute Gasteiger partial charge is 0.419 e. The third-order valence-electron chi connectivity index (χ3n) is 4.03. The summed E-state index contributed by atoms with van der Waals surface area (Å²) < 4.78 is 58.3. The summed E-state index contributed by atoms with van der Waals surface area (Å²) in [5, 5.41) is 2.52. The molecule has 1 saturated heterocycles. The first-order valence-electron chi connectivity index (χ1n) is 8.63. The number of amides is 2. The van der Waals surface area contributed by atoms with E-state index in [0.29, 0.717) is 25.5 Å². The van der Waals surface area contributed by atoms with Crippen LogP contribution in [0.1, 0.15) is 49.5 Å². The Hall–Kier alpha value is -1.84. The van der Waals surface area contributed by atoms with Crippen molar-refractivity contribution in [3.63, 3.8) is 0 Å². The second-order valence-electron chi connectivity index (χ2n) is 7.52. The number of hydrogen-bond donors (Lipinski definition) is 1. The van der Waals surface area contributed by atoms with Gasteiger partial charge in [-0.2, -0.15) is 13.2 Å². The fourth-order valence-corrected chi connectivity index (χ4v) is 3.31. The maximum absolute atomic E-state index is 14.3. The Balaban J connectivity index is 2.14. The molecule has 1 N–H and O–H groups in total. The van der Waals surface area contributed by atoms with Gasteiger partial charge in [-0.25, -0.2) is 9.18 Å². The number of carbonyl (C=O) groups is 2. The molecule has 1 aromatic rings. The van der Waals surface area contributed by atoms with Crippen molar-refractivity contribution in [2.75, 3.05) is 13.1 Å². The largest absolute Gasteiger partial charge is 0.444 e. The lowest BCUT2D eigenvalue weighted by Gasteiger charge is -2.34. The van der Waals surface area contributed by atoms with E-state index in [1.807, 2.05) is 0 Å².